The monoisotopic (exact) mass is 220 g/mol. The zero-order valence-electron chi connectivity index (χ0n) is 9.92. The summed E-state index contributed by atoms with van der Waals surface area (Å²) in [7, 11) is -2.27. The van der Waals surface area contributed by atoms with Crippen LogP contribution in [0.3, 0.4) is 0 Å². The van der Waals surface area contributed by atoms with Crippen molar-refractivity contribution in [1.29, 1.82) is 0 Å². The van der Waals surface area contributed by atoms with E-state index in [1.165, 1.54) is 0 Å². The van der Waals surface area contributed by atoms with Gasteiger partial charge in [-0.25, -0.2) is 0 Å². The Morgan fingerprint density at radius 3 is 1.79 bits per heavy atom. The van der Waals surface area contributed by atoms with Crippen molar-refractivity contribution < 1.29 is 9.09 Å². The molecule has 0 amide bonds. The number of rotatable bonds is 9. The Morgan fingerprint density at radius 2 is 1.43 bits per heavy atom. The van der Waals surface area contributed by atoms with Gasteiger partial charge < -0.3 is 4.52 Å². The fourth-order valence-electron chi connectivity index (χ4n) is 1.30. The van der Waals surface area contributed by atoms with Crippen LogP contribution in [0.1, 0.15) is 52.9 Å². The Hall–Kier alpha value is 0.190. The second-order valence-corrected chi connectivity index (χ2v) is 6.58. The van der Waals surface area contributed by atoms with Crippen LogP contribution >= 0.6 is 7.37 Å². The molecule has 0 aliphatic carbocycles. The van der Waals surface area contributed by atoms with E-state index in [9.17, 15) is 4.57 Å². The summed E-state index contributed by atoms with van der Waals surface area (Å²) in [6.45, 7) is 6.97. The van der Waals surface area contributed by atoms with E-state index in [1.807, 2.05) is 0 Å². The summed E-state index contributed by atoms with van der Waals surface area (Å²) in [5.41, 5.74) is 0. The number of hydrogen-bond donors (Lipinski definition) is 0. The average Bonchev–Trinajstić information content (AvgIpc) is 2.21. The summed E-state index contributed by atoms with van der Waals surface area (Å²) in [5, 5.41) is 0. The molecule has 0 aliphatic heterocycles. The third kappa shape index (κ3) is 6.62. The van der Waals surface area contributed by atoms with E-state index in [-0.39, 0.29) is 0 Å². The second-order valence-electron chi connectivity index (χ2n) is 3.80. The van der Waals surface area contributed by atoms with Gasteiger partial charge in [0.1, 0.15) is 0 Å². The summed E-state index contributed by atoms with van der Waals surface area (Å²) in [6, 6.07) is 0. The molecule has 0 saturated heterocycles. The van der Waals surface area contributed by atoms with E-state index >= 15 is 0 Å². The predicted molar refractivity (Wildman–Crippen MR) is 63.4 cm³/mol. The third-order valence-corrected chi connectivity index (χ3v) is 4.88. The summed E-state index contributed by atoms with van der Waals surface area (Å²) in [6.07, 6.45) is 6.79. The lowest BCUT2D eigenvalue weighted by Crippen LogP contribution is -2.01. The number of hydrogen-bond acceptors (Lipinski definition) is 2. The molecule has 2 nitrogen and oxygen atoms in total. The van der Waals surface area contributed by atoms with Crippen LogP contribution in [0, 0.1) is 0 Å². The van der Waals surface area contributed by atoms with Crippen molar-refractivity contribution in [3.8, 4) is 0 Å². The molecule has 0 aromatic carbocycles. The lowest BCUT2D eigenvalue weighted by atomic mass is 10.4. The summed E-state index contributed by atoms with van der Waals surface area (Å²) >= 11 is 0. The quantitative estimate of drug-likeness (QED) is 0.542. The highest BCUT2D eigenvalue weighted by Crippen LogP contribution is 2.48. The van der Waals surface area contributed by atoms with Crippen molar-refractivity contribution >= 4 is 7.37 Å². The molecule has 0 fully saturated rings. The van der Waals surface area contributed by atoms with Crippen LogP contribution in [-0.4, -0.2) is 18.9 Å². The minimum absolute atomic E-state index is 0.657. The van der Waals surface area contributed by atoms with E-state index in [2.05, 4.69) is 20.8 Å². The molecular formula is C11H25O2P. The van der Waals surface area contributed by atoms with Gasteiger partial charge in [0.05, 0.1) is 6.61 Å². The average molecular weight is 220 g/mol. The highest BCUT2D eigenvalue weighted by molar-refractivity contribution is 7.58. The van der Waals surface area contributed by atoms with Gasteiger partial charge in [0, 0.05) is 12.3 Å². The SMILES string of the molecule is CCCCP(=O)(CCCC)OCCC. The summed E-state index contributed by atoms with van der Waals surface area (Å²) in [4.78, 5) is 0. The van der Waals surface area contributed by atoms with Crippen LogP contribution in [0.2, 0.25) is 0 Å². The zero-order chi connectivity index (χ0) is 10.9. The summed E-state index contributed by atoms with van der Waals surface area (Å²) in [5.74, 6) is 0. The standard InChI is InChI=1S/C11H25O2P/c1-4-7-10-14(12,11-8-5-2)13-9-6-3/h4-11H2,1-3H3. The topological polar surface area (TPSA) is 26.3 Å². The summed E-state index contributed by atoms with van der Waals surface area (Å²) < 4.78 is 17.8. The van der Waals surface area contributed by atoms with Gasteiger partial charge in [-0.3, -0.25) is 4.57 Å². The highest BCUT2D eigenvalue weighted by Gasteiger charge is 2.20. The van der Waals surface area contributed by atoms with Gasteiger partial charge in [0.15, 0.2) is 0 Å². The number of unbranched alkanes of at least 4 members (excludes halogenated alkanes) is 2. The molecule has 0 radical (unpaired) electrons. The molecule has 0 aromatic heterocycles. The maximum Gasteiger partial charge on any atom is 0.203 e. The third-order valence-electron chi connectivity index (χ3n) is 2.24. The molecule has 0 N–H and O–H groups in total. The van der Waals surface area contributed by atoms with E-state index in [0.717, 1.165) is 44.4 Å². The van der Waals surface area contributed by atoms with Crippen LogP contribution < -0.4 is 0 Å². The van der Waals surface area contributed by atoms with Crippen molar-refractivity contribution in [1.82, 2.24) is 0 Å². The Bertz CT molecular complexity index is 140. The normalized spacial score (nSPS) is 11.9. The fourth-order valence-corrected chi connectivity index (χ4v) is 3.89. The Labute approximate surface area is 88.9 Å². The van der Waals surface area contributed by atoms with Crippen LogP contribution in [0.25, 0.3) is 0 Å². The van der Waals surface area contributed by atoms with Crippen LogP contribution in [-0.2, 0) is 9.09 Å². The molecule has 3 heteroatoms. The zero-order valence-corrected chi connectivity index (χ0v) is 10.8. The molecule has 0 spiro atoms. The largest absolute Gasteiger partial charge is 0.328 e. The van der Waals surface area contributed by atoms with Gasteiger partial charge >= 0.3 is 0 Å². The first-order valence-corrected chi connectivity index (χ1v) is 7.90. The van der Waals surface area contributed by atoms with E-state index in [0.29, 0.717) is 6.61 Å². The van der Waals surface area contributed by atoms with Crippen molar-refractivity contribution in [3.63, 3.8) is 0 Å². The molecular weight excluding hydrogens is 195 g/mol. The molecule has 86 valence electrons. The Morgan fingerprint density at radius 1 is 0.929 bits per heavy atom. The molecule has 0 atom stereocenters. The minimum atomic E-state index is -2.27. The van der Waals surface area contributed by atoms with Gasteiger partial charge in [-0.2, -0.15) is 0 Å². The second kappa shape index (κ2) is 8.49. The smallest absolute Gasteiger partial charge is 0.203 e. The fraction of sp³-hybridized carbons (Fsp3) is 1.00. The molecule has 14 heavy (non-hydrogen) atoms. The maximum atomic E-state index is 12.3. The molecule has 0 bridgehead atoms. The van der Waals surface area contributed by atoms with Crippen LogP contribution in [0.5, 0.6) is 0 Å². The Kier molecular flexibility index (Phi) is 8.61. The predicted octanol–water partition coefficient (Wildman–Crippen LogP) is 4.29. The molecule has 0 rings (SSSR count). The van der Waals surface area contributed by atoms with Crippen molar-refractivity contribution in [2.24, 2.45) is 0 Å². The molecule has 0 unspecified atom stereocenters. The molecule has 0 aromatic rings. The Balaban J connectivity index is 3.97. The van der Waals surface area contributed by atoms with Gasteiger partial charge in [0.2, 0.25) is 7.37 Å². The minimum Gasteiger partial charge on any atom is -0.328 e. The molecule has 0 saturated carbocycles. The van der Waals surface area contributed by atoms with Gasteiger partial charge in [0.25, 0.3) is 0 Å². The van der Waals surface area contributed by atoms with Crippen molar-refractivity contribution in [2.45, 2.75) is 52.9 Å². The first kappa shape index (κ1) is 14.2. The van der Waals surface area contributed by atoms with Crippen molar-refractivity contribution in [2.75, 3.05) is 18.9 Å². The first-order valence-electron chi connectivity index (χ1n) is 5.91. The van der Waals surface area contributed by atoms with E-state index < -0.39 is 7.37 Å². The first-order chi connectivity index (χ1) is 6.68. The molecule has 0 heterocycles. The van der Waals surface area contributed by atoms with Gasteiger partial charge in [-0.15, -0.1) is 0 Å². The van der Waals surface area contributed by atoms with E-state index in [1.54, 1.807) is 0 Å². The highest BCUT2D eigenvalue weighted by atomic mass is 31.2. The lowest BCUT2D eigenvalue weighted by molar-refractivity contribution is 0.311. The maximum absolute atomic E-state index is 12.3. The van der Waals surface area contributed by atoms with Gasteiger partial charge in [-0.05, 0) is 19.3 Å². The van der Waals surface area contributed by atoms with Crippen molar-refractivity contribution in [3.05, 3.63) is 0 Å². The van der Waals surface area contributed by atoms with E-state index in [4.69, 9.17) is 4.52 Å². The lowest BCUT2D eigenvalue weighted by Gasteiger charge is -2.17. The molecule has 0 aliphatic rings. The van der Waals surface area contributed by atoms with Crippen LogP contribution in [0.15, 0.2) is 0 Å². The van der Waals surface area contributed by atoms with Crippen LogP contribution in [0.4, 0.5) is 0 Å². The van der Waals surface area contributed by atoms with Gasteiger partial charge in [-0.1, -0.05) is 33.6 Å².